The van der Waals surface area contributed by atoms with Crippen LogP contribution in [0.2, 0.25) is 0 Å². The number of hydrogen-bond donors (Lipinski definition) is 0. The number of unbranched alkanes of at least 4 members (excludes halogenated alkanes) is 9. The van der Waals surface area contributed by atoms with Gasteiger partial charge in [0, 0.05) is 11.5 Å². The van der Waals surface area contributed by atoms with E-state index in [1.54, 1.807) is 12.1 Å². The topological polar surface area (TPSA) is 39.4 Å². The first-order valence-corrected chi connectivity index (χ1v) is 9.46. The zero-order valence-corrected chi connectivity index (χ0v) is 14.9. The van der Waals surface area contributed by atoms with Crippen LogP contribution in [-0.2, 0) is 0 Å². The standard InChI is InChI=1S/C21H30O3/c1-2-3-4-5-6-7-8-9-10-11-16-23-19-13-14-20-18(17-19)12-15-21(22)24-20/h12-15,17H,2-11,16H2,1H3. The first-order valence-electron chi connectivity index (χ1n) is 9.46. The van der Waals surface area contributed by atoms with Crippen molar-refractivity contribution >= 4 is 11.0 Å². The van der Waals surface area contributed by atoms with Crippen LogP contribution in [0.3, 0.4) is 0 Å². The van der Waals surface area contributed by atoms with Crippen molar-refractivity contribution in [3.63, 3.8) is 0 Å². The molecular weight excluding hydrogens is 300 g/mol. The summed E-state index contributed by atoms with van der Waals surface area (Å²) in [4.78, 5) is 11.2. The summed E-state index contributed by atoms with van der Waals surface area (Å²) >= 11 is 0. The molecule has 0 aliphatic carbocycles. The Morgan fingerprint density at radius 2 is 1.50 bits per heavy atom. The maximum absolute atomic E-state index is 11.2. The molecule has 0 amide bonds. The van der Waals surface area contributed by atoms with Crippen LogP contribution < -0.4 is 10.4 Å². The number of ether oxygens (including phenoxy) is 1. The van der Waals surface area contributed by atoms with E-state index in [4.69, 9.17) is 9.15 Å². The molecule has 0 spiro atoms. The number of rotatable bonds is 12. The van der Waals surface area contributed by atoms with Gasteiger partial charge in [0.05, 0.1) is 6.61 Å². The van der Waals surface area contributed by atoms with Gasteiger partial charge in [0.1, 0.15) is 11.3 Å². The van der Waals surface area contributed by atoms with Crippen LogP contribution in [0.5, 0.6) is 5.75 Å². The molecule has 1 aromatic carbocycles. The van der Waals surface area contributed by atoms with E-state index in [1.165, 1.54) is 63.9 Å². The summed E-state index contributed by atoms with van der Waals surface area (Å²) in [5.41, 5.74) is 0.287. The first-order chi connectivity index (χ1) is 11.8. The smallest absolute Gasteiger partial charge is 0.336 e. The van der Waals surface area contributed by atoms with Gasteiger partial charge in [-0.3, -0.25) is 0 Å². The van der Waals surface area contributed by atoms with Crippen LogP contribution in [0.15, 0.2) is 39.5 Å². The fraction of sp³-hybridized carbons (Fsp3) is 0.571. The Kier molecular flexibility index (Phi) is 8.43. The molecular formula is C21H30O3. The van der Waals surface area contributed by atoms with Gasteiger partial charge >= 0.3 is 5.63 Å². The minimum absolute atomic E-state index is 0.318. The Bertz CT molecular complexity index is 645. The van der Waals surface area contributed by atoms with Gasteiger partial charge in [-0.1, -0.05) is 64.7 Å². The molecule has 2 rings (SSSR count). The molecule has 0 saturated carbocycles. The van der Waals surface area contributed by atoms with Crippen LogP contribution >= 0.6 is 0 Å². The van der Waals surface area contributed by atoms with E-state index in [1.807, 2.05) is 12.1 Å². The highest BCUT2D eigenvalue weighted by molar-refractivity contribution is 5.77. The van der Waals surface area contributed by atoms with E-state index in [0.717, 1.165) is 24.2 Å². The summed E-state index contributed by atoms with van der Waals surface area (Å²) in [6, 6.07) is 8.80. The van der Waals surface area contributed by atoms with Crippen molar-refractivity contribution in [1.82, 2.24) is 0 Å². The summed E-state index contributed by atoms with van der Waals surface area (Å²) in [7, 11) is 0. The van der Waals surface area contributed by atoms with E-state index in [9.17, 15) is 4.79 Å². The molecule has 3 nitrogen and oxygen atoms in total. The maximum atomic E-state index is 11.2. The van der Waals surface area contributed by atoms with Crippen LogP contribution in [0.4, 0.5) is 0 Å². The third-order valence-electron chi connectivity index (χ3n) is 4.36. The molecule has 0 saturated heterocycles. The molecule has 2 aromatic rings. The van der Waals surface area contributed by atoms with E-state index in [2.05, 4.69) is 6.92 Å². The van der Waals surface area contributed by atoms with Crippen LogP contribution in [0.1, 0.15) is 71.1 Å². The Morgan fingerprint density at radius 1 is 0.833 bits per heavy atom. The third-order valence-corrected chi connectivity index (χ3v) is 4.36. The molecule has 1 heterocycles. The Hall–Kier alpha value is -1.77. The average molecular weight is 330 g/mol. The fourth-order valence-corrected chi connectivity index (χ4v) is 2.92. The molecule has 0 bridgehead atoms. The minimum atomic E-state index is -0.318. The Balaban J connectivity index is 1.55. The van der Waals surface area contributed by atoms with E-state index in [0.29, 0.717) is 5.58 Å². The molecule has 0 N–H and O–H groups in total. The maximum Gasteiger partial charge on any atom is 0.336 e. The second-order valence-electron chi connectivity index (χ2n) is 6.48. The SMILES string of the molecule is CCCCCCCCCCCCOc1ccc2oc(=O)ccc2c1. The summed E-state index contributed by atoms with van der Waals surface area (Å²) in [5.74, 6) is 0.840. The second kappa shape index (κ2) is 10.9. The average Bonchev–Trinajstić information content (AvgIpc) is 2.59. The van der Waals surface area contributed by atoms with Crippen molar-refractivity contribution in [3.8, 4) is 5.75 Å². The molecule has 0 unspecified atom stereocenters. The van der Waals surface area contributed by atoms with Gasteiger partial charge < -0.3 is 9.15 Å². The predicted octanol–water partition coefficient (Wildman–Crippen LogP) is 6.09. The monoisotopic (exact) mass is 330 g/mol. The van der Waals surface area contributed by atoms with Gasteiger partial charge in [-0.05, 0) is 30.7 Å². The highest BCUT2D eigenvalue weighted by atomic mass is 16.5. The van der Waals surface area contributed by atoms with Crippen molar-refractivity contribution in [2.24, 2.45) is 0 Å². The summed E-state index contributed by atoms with van der Waals surface area (Å²) in [5, 5.41) is 0.898. The molecule has 132 valence electrons. The van der Waals surface area contributed by atoms with Gasteiger partial charge in [-0.2, -0.15) is 0 Å². The lowest BCUT2D eigenvalue weighted by atomic mass is 10.1. The van der Waals surface area contributed by atoms with Crippen LogP contribution in [0.25, 0.3) is 11.0 Å². The third kappa shape index (κ3) is 6.77. The zero-order valence-electron chi connectivity index (χ0n) is 14.9. The van der Waals surface area contributed by atoms with Gasteiger partial charge in [0.2, 0.25) is 0 Å². The lowest BCUT2D eigenvalue weighted by Gasteiger charge is -2.07. The van der Waals surface area contributed by atoms with Crippen molar-refractivity contribution in [2.75, 3.05) is 6.61 Å². The van der Waals surface area contributed by atoms with Crippen molar-refractivity contribution < 1.29 is 9.15 Å². The highest BCUT2D eigenvalue weighted by Crippen LogP contribution is 2.20. The molecule has 0 aliphatic heterocycles. The molecule has 1 aromatic heterocycles. The lowest BCUT2D eigenvalue weighted by Crippen LogP contribution is -1.98. The van der Waals surface area contributed by atoms with Gasteiger partial charge in [-0.25, -0.2) is 4.79 Å². The molecule has 0 fully saturated rings. The molecule has 24 heavy (non-hydrogen) atoms. The van der Waals surface area contributed by atoms with Crippen LogP contribution in [-0.4, -0.2) is 6.61 Å². The minimum Gasteiger partial charge on any atom is -0.494 e. The largest absolute Gasteiger partial charge is 0.494 e. The van der Waals surface area contributed by atoms with E-state index >= 15 is 0 Å². The van der Waals surface area contributed by atoms with Gasteiger partial charge in [0.15, 0.2) is 0 Å². The Morgan fingerprint density at radius 3 is 2.21 bits per heavy atom. The van der Waals surface area contributed by atoms with E-state index in [-0.39, 0.29) is 5.63 Å². The van der Waals surface area contributed by atoms with Crippen molar-refractivity contribution in [3.05, 3.63) is 40.8 Å². The Labute approximate surface area is 145 Å². The number of hydrogen-bond acceptors (Lipinski definition) is 3. The molecule has 0 radical (unpaired) electrons. The van der Waals surface area contributed by atoms with Crippen molar-refractivity contribution in [2.45, 2.75) is 71.1 Å². The zero-order chi connectivity index (χ0) is 17.0. The van der Waals surface area contributed by atoms with Crippen LogP contribution in [0, 0.1) is 0 Å². The summed E-state index contributed by atoms with van der Waals surface area (Å²) in [6.07, 6.45) is 13.3. The normalized spacial score (nSPS) is 11.0. The molecule has 0 aliphatic rings. The van der Waals surface area contributed by atoms with Gasteiger partial charge in [0.25, 0.3) is 0 Å². The second-order valence-corrected chi connectivity index (χ2v) is 6.48. The number of fused-ring (bicyclic) bond motifs is 1. The van der Waals surface area contributed by atoms with Crippen molar-refractivity contribution in [1.29, 1.82) is 0 Å². The first kappa shape index (κ1) is 18.6. The summed E-state index contributed by atoms with van der Waals surface area (Å²) < 4.78 is 10.9. The molecule has 0 atom stereocenters. The van der Waals surface area contributed by atoms with Gasteiger partial charge in [-0.15, -0.1) is 0 Å². The number of benzene rings is 1. The summed E-state index contributed by atoms with van der Waals surface area (Å²) in [6.45, 7) is 3.01. The van der Waals surface area contributed by atoms with E-state index < -0.39 is 0 Å². The predicted molar refractivity (Wildman–Crippen MR) is 99.8 cm³/mol. The quantitative estimate of drug-likeness (QED) is 0.349. The highest BCUT2D eigenvalue weighted by Gasteiger charge is 2.00. The lowest BCUT2D eigenvalue weighted by molar-refractivity contribution is 0.304. The molecule has 3 heteroatoms. The fourth-order valence-electron chi connectivity index (χ4n) is 2.92.